The van der Waals surface area contributed by atoms with Crippen LogP contribution in [0, 0.1) is 0 Å². The van der Waals surface area contributed by atoms with Crippen molar-refractivity contribution in [1.29, 1.82) is 0 Å². The van der Waals surface area contributed by atoms with E-state index in [1.165, 1.54) is 0 Å². The first-order chi connectivity index (χ1) is 7.45. The van der Waals surface area contributed by atoms with Crippen molar-refractivity contribution in [2.24, 2.45) is 0 Å². The Hall–Kier alpha value is -0.575. The van der Waals surface area contributed by atoms with Crippen LogP contribution in [0.5, 0.6) is 0 Å². The van der Waals surface area contributed by atoms with Gasteiger partial charge in [0, 0.05) is 0 Å². The Kier molecular flexibility index (Phi) is 2.77. The molecule has 0 saturated carbocycles. The Balaban J connectivity index is 2.39. The minimum Gasteiger partial charge on any atom is -0.394 e. The molecule has 0 aromatic carbocycles. The number of hydrogen-bond donors (Lipinski definition) is 1. The normalized spacial score (nSPS) is 45.1. The summed E-state index contributed by atoms with van der Waals surface area (Å²) >= 11 is 0. The van der Waals surface area contributed by atoms with Crippen LogP contribution < -0.4 is 0 Å². The molecule has 2 rings (SSSR count). The molecular weight excluding hydrogens is 207 g/mol. The molecule has 2 heterocycles. The molecule has 0 aromatic heterocycles. The van der Waals surface area contributed by atoms with Crippen molar-refractivity contribution in [2.45, 2.75) is 43.4 Å². The smallest absolute Gasteiger partial charge is 0.164 e. The van der Waals surface area contributed by atoms with Gasteiger partial charge in [-0.3, -0.25) is 0 Å². The largest absolute Gasteiger partial charge is 0.394 e. The zero-order valence-corrected chi connectivity index (χ0v) is 9.47. The van der Waals surface area contributed by atoms with E-state index >= 15 is 0 Å². The second-order valence-electron chi connectivity index (χ2n) is 4.52. The molecular formula is C11H15BO4. The van der Waals surface area contributed by atoms with Gasteiger partial charge in [-0.2, -0.15) is 0 Å². The van der Waals surface area contributed by atoms with Crippen LogP contribution in [0.4, 0.5) is 0 Å². The summed E-state index contributed by atoms with van der Waals surface area (Å²) in [6.45, 7) is 6.95. The lowest BCUT2D eigenvalue weighted by molar-refractivity contribution is -0.191. The van der Waals surface area contributed by atoms with Crippen LogP contribution in [0.25, 0.3) is 0 Å². The Morgan fingerprint density at radius 3 is 2.81 bits per heavy atom. The zero-order valence-electron chi connectivity index (χ0n) is 9.47. The predicted molar refractivity (Wildman–Crippen MR) is 58.0 cm³/mol. The summed E-state index contributed by atoms with van der Waals surface area (Å²) in [5, 5.41) is 9.22. The molecule has 86 valence electrons. The average Bonchev–Trinajstić information content (AvgIpc) is 2.58. The van der Waals surface area contributed by atoms with Crippen molar-refractivity contribution in [1.82, 2.24) is 0 Å². The van der Waals surface area contributed by atoms with Crippen molar-refractivity contribution < 1.29 is 19.3 Å². The fourth-order valence-electron chi connectivity index (χ4n) is 2.35. The Morgan fingerprint density at radius 2 is 2.25 bits per heavy atom. The van der Waals surface area contributed by atoms with E-state index in [2.05, 4.69) is 12.3 Å². The first-order valence-corrected chi connectivity index (χ1v) is 5.22. The highest BCUT2D eigenvalue weighted by Gasteiger charge is 2.62. The van der Waals surface area contributed by atoms with E-state index in [-0.39, 0.29) is 6.61 Å². The van der Waals surface area contributed by atoms with Gasteiger partial charge < -0.3 is 19.3 Å². The van der Waals surface area contributed by atoms with Crippen molar-refractivity contribution in [2.75, 3.05) is 6.61 Å². The van der Waals surface area contributed by atoms with Gasteiger partial charge in [-0.25, -0.2) is 0 Å². The molecule has 2 fully saturated rings. The number of hydrogen-bond acceptors (Lipinski definition) is 4. The molecule has 4 nitrogen and oxygen atoms in total. The number of aliphatic hydroxyl groups excluding tert-OH is 1. The molecule has 0 spiro atoms. The lowest BCUT2D eigenvalue weighted by Gasteiger charge is -2.27. The summed E-state index contributed by atoms with van der Waals surface area (Å²) in [6, 6.07) is -0.689. The second kappa shape index (κ2) is 3.72. The highest BCUT2D eigenvalue weighted by atomic mass is 16.8. The minimum atomic E-state index is -0.904. The molecule has 0 aliphatic carbocycles. The van der Waals surface area contributed by atoms with E-state index in [0.29, 0.717) is 0 Å². The highest BCUT2D eigenvalue weighted by Crippen LogP contribution is 2.46. The van der Waals surface area contributed by atoms with E-state index < -0.39 is 29.6 Å². The molecule has 2 saturated heterocycles. The van der Waals surface area contributed by atoms with E-state index in [9.17, 15) is 5.11 Å². The fraction of sp³-hybridized carbons (Fsp3) is 0.727. The van der Waals surface area contributed by atoms with Crippen LogP contribution in [-0.2, 0) is 14.2 Å². The molecule has 1 N–H and O–H groups in total. The van der Waals surface area contributed by atoms with Gasteiger partial charge in [-0.05, 0) is 19.9 Å². The summed E-state index contributed by atoms with van der Waals surface area (Å²) in [6.07, 6.45) is 0.699. The molecule has 2 radical (unpaired) electrons. The molecule has 5 heteroatoms. The summed E-state index contributed by atoms with van der Waals surface area (Å²) in [5.41, 5.74) is 1.76. The molecule has 0 amide bonds. The fourth-order valence-corrected chi connectivity index (χ4v) is 2.35. The number of fused-ring (bicyclic) bond motifs is 1. The van der Waals surface area contributed by atoms with E-state index in [4.69, 9.17) is 22.1 Å². The van der Waals surface area contributed by atoms with Crippen molar-refractivity contribution in [3.8, 4) is 0 Å². The van der Waals surface area contributed by atoms with Gasteiger partial charge in [0.2, 0.25) is 0 Å². The Bertz CT molecular complexity index is 337. The first kappa shape index (κ1) is 11.9. The number of ether oxygens (including phenoxy) is 3. The summed E-state index contributed by atoms with van der Waals surface area (Å²) in [4.78, 5) is 0. The average molecular weight is 222 g/mol. The molecule has 0 bridgehead atoms. The van der Waals surface area contributed by atoms with Gasteiger partial charge in [0.25, 0.3) is 0 Å². The van der Waals surface area contributed by atoms with Crippen LogP contribution in [-0.4, -0.2) is 49.2 Å². The van der Waals surface area contributed by atoms with Crippen LogP contribution in [0.2, 0.25) is 0 Å². The van der Waals surface area contributed by atoms with Gasteiger partial charge in [0.1, 0.15) is 25.7 Å². The quantitative estimate of drug-likeness (QED) is 0.531. The maximum Gasteiger partial charge on any atom is 0.164 e. The predicted octanol–water partition coefficient (Wildman–Crippen LogP) is 0.103. The molecule has 0 aromatic rings. The first-order valence-electron chi connectivity index (χ1n) is 5.22. The number of rotatable bonds is 2. The van der Waals surface area contributed by atoms with E-state index in [0.717, 1.165) is 0 Å². The highest BCUT2D eigenvalue weighted by molar-refractivity contribution is 6.12. The standard InChI is InChI=1S/C11H15BO4/c1-4-5-11-8(15-10(2,3)16-11)7(6-13)14-9(11)12/h5,7-9,13H,1,6H2,2-3H3/t7-,8?,9-,11-/m1/s1. The SMILES string of the molecule is [B][C@@H]1O[C@H](CO)C2OC(C)(C)O[C@]21C=C=C. The molecule has 2 aliphatic heterocycles. The van der Waals surface area contributed by atoms with E-state index in [1.54, 1.807) is 19.9 Å². The van der Waals surface area contributed by atoms with Crippen molar-refractivity contribution in [3.05, 3.63) is 18.4 Å². The van der Waals surface area contributed by atoms with Gasteiger partial charge in [-0.15, -0.1) is 5.73 Å². The van der Waals surface area contributed by atoms with Crippen molar-refractivity contribution in [3.63, 3.8) is 0 Å². The summed E-state index contributed by atoms with van der Waals surface area (Å²) in [5.74, 6) is -0.757. The minimum absolute atomic E-state index is 0.162. The summed E-state index contributed by atoms with van der Waals surface area (Å²) in [7, 11) is 5.89. The monoisotopic (exact) mass is 222 g/mol. The van der Waals surface area contributed by atoms with E-state index in [1.807, 2.05) is 0 Å². The van der Waals surface area contributed by atoms with Gasteiger partial charge >= 0.3 is 0 Å². The maximum atomic E-state index is 9.22. The molecule has 1 unspecified atom stereocenters. The Morgan fingerprint density at radius 1 is 1.56 bits per heavy atom. The third-order valence-corrected chi connectivity index (χ3v) is 2.89. The topological polar surface area (TPSA) is 47.9 Å². The maximum absolute atomic E-state index is 9.22. The summed E-state index contributed by atoms with van der Waals surface area (Å²) < 4.78 is 16.9. The van der Waals surface area contributed by atoms with Gasteiger partial charge in [0.05, 0.1) is 12.6 Å². The van der Waals surface area contributed by atoms with Crippen molar-refractivity contribution >= 4 is 7.85 Å². The van der Waals surface area contributed by atoms with Crippen LogP contribution in [0.3, 0.4) is 0 Å². The van der Waals surface area contributed by atoms with Crippen LogP contribution >= 0.6 is 0 Å². The Labute approximate surface area is 96.3 Å². The third kappa shape index (κ3) is 1.56. The third-order valence-electron chi connectivity index (χ3n) is 2.89. The van der Waals surface area contributed by atoms with Gasteiger partial charge in [-0.1, -0.05) is 6.58 Å². The molecule has 2 aliphatic rings. The zero-order chi connectivity index (χ0) is 12.0. The van der Waals surface area contributed by atoms with Crippen LogP contribution in [0.1, 0.15) is 13.8 Å². The lowest BCUT2D eigenvalue weighted by atomic mass is 9.80. The molecule has 16 heavy (non-hydrogen) atoms. The second-order valence-corrected chi connectivity index (χ2v) is 4.52. The van der Waals surface area contributed by atoms with Gasteiger partial charge in [0.15, 0.2) is 5.79 Å². The molecule has 4 atom stereocenters. The lowest BCUT2D eigenvalue weighted by Crippen LogP contribution is -2.45. The number of aliphatic hydroxyl groups is 1. The van der Waals surface area contributed by atoms with Crippen LogP contribution in [0.15, 0.2) is 18.4 Å².